The van der Waals surface area contributed by atoms with Crippen molar-refractivity contribution in [3.05, 3.63) is 46.9 Å². The van der Waals surface area contributed by atoms with Gasteiger partial charge in [0.1, 0.15) is 11.8 Å². The number of piperidine rings is 1. The second-order valence-corrected chi connectivity index (χ2v) is 9.14. The lowest BCUT2D eigenvalue weighted by Gasteiger charge is -2.42. The zero-order valence-corrected chi connectivity index (χ0v) is 19.9. The van der Waals surface area contributed by atoms with E-state index < -0.39 is 40.9 Å². The lowest BCUT2D eigenvalue weighted by Crippen LogP contribution is -2.48. The molecule has 6 nitrogen and oxygen atoms in total. The summed E-state index contributed by atoms with van der Waals surface area (Å²) in [6.07, 6.45) is 2.39. The van der Waals surface area contributed by atoms with Gasteiger partial charge in [-0.15, -0.1) is 0 Å². The van der Waals surface area contributed by atoms with Crippen LogP contribution in [0.2, 0.25) is 0 Å². The minimum absolute atomic E-state index is 0.0214. The Morgan fingerprint density at radius 3 is 2.03 bits per heavy atom. The average Bonchev–Trinajstić information content (AvgIpc) is 3.41. The summed E-state index contributed by atoms with van der Waals surface area (Å²) in [5.74, 6) is -10.3. The number of benzene rings is 2. The van der Waals surface area contributed by atoms with E-state index in [0.29, 0.717) is 36.3 Å². The van der Waals surface area contributed by atoms with Crippen LogP contribution < -0.4 is 14.2 Å². The minimum Gasteiger partial charge on any atom is -0.493 e. The second kappa shape index (κ2) is 9.42. The molecule has 194 valence electrons. The van der Waals surface area contributed by atoms with E-state index >= 15 is 0 Å². The number of nitrogens with zero attached hydrogens (tertiary/aromatic N) is 2. The molecular formula is C25H25F5N2O4. The lowest BCUT2D eigenvalue weighted by molar-refractivity contribution is 0.0141. The summed E-state index contributed by atoms with van der Waals surface area (Å²) < 4.78 is 90.8. The van der Waals surface area contributed by atoms with Crippen LogP contribution in [0.3, 0.4) is 0 Å². The normalized spacial score (nSPS) is 22.7. The molecule has 0 amide bonds. The van der Waals surface area contributed by atoms with Gasteiger partial charge < -0.3 is 18.7 Å². The molecule has 3 aromatic rings. The third-order valence-electron chi connectivity index (χ3n) is 7.27. The first-order valence-corrected chi connectivity index (χ1v) is 11.8. The zero-order valence-electron chi connectivity index (χ0n) is 19.9. The molecule has 2 aliphatic heterocycles. The van der Waals surface area contributed by atoms with Gasteiger partial charge in [0.05, 0.1) is 25.6 Å². The van der Waals surface area contributed by atoms with Crippen LogP contribution in [0.25, 0.3) is 11.0 Å². The molecule has 2 aromatic carbocycles. The van der Waals surface area contributed by atoms with Crippen molar-refractivity contribution in [1.29, 1.82) is 0 Å². The number of hydrogen-bond donors (Lipinski definition) is 0. The van der Waals surface area contributed by atoms with Crippen LogP contribution in [0.15, 0.2) is 16.7 Å². The molecule has 2 aliphatic rings. The number of ether oxygens (including phenoxy) is 3. The summed E-state index contributed by atoms with van der Waals surface area (Å²) in [5, 5.41) is 5.14. The third-order valence-corrected chi connectivity index (χ3v) is 7.27. The highest BCUT2D eigenvalue weighted by Crippen LogP contribution is 2.46. The Hall–Kier alpha value is -3.08. The van der Waals surface area contributed by atoms with Crippen LogP contribution in [-0.2, 0) is 0 Å². The van der Waals surface area contributed by atoms with Crippen LogP contribution in [0.5, 0.6) is 17.2 Å². The SMILES string of the molecule is CCC(c1noc2cc(OC)c(OC)cc12)N1[C@@H]2CC[C@H]1CC(Oc1c(F)c(F)c(F)c(F)c1F)C2. The smallest absolute Gasteiger partial charge is 0.207 e. The Morgan fingerprint density at radius 2 is 1.47 bits per heavy atom. The van der Waals surface area contributed by atoms with E-state index in [1.807, 2.05) is 13.0 Å². The first-order valence-electron chi connectivity index (χ1n) is 11.8. The van der Waals surface area contributed by atoms with Crippen molar-refractivity contribution in [1.82, 2.24) is 10.1 Å². The zero-order chi connectivity index (χ0) is 25.7. The van der Waals surface area contributed by atoms with Crippen molar-refractivity contribution in [2.75, 3.05) is 14.2 Å². The lowest BCUT2D eigenvalue weighted by atomic mass is 9.94. The summed E-state index contributed by atoms with van der Waals surface area (Å²) in [7, 11) is 3.08. The molecule has 2 bridgehead atoms. The van der Waals surface area contributed by atoms with Gasteiger partial charge in [-0.2, -0.15) is 8.78 Å². The van der Waals surface area contributed by atoms with E-state index in [2.05, 4.69) is 10.1 Å². The van der Waals surface area contributed by atoms with E-state index in [-0.39, 0.29) is 18.1 Å². The van der Waals surface area contributed by atoms with Crippen LogP contribution in [0, 0.1) is 29.1 Å². The summed E-state index contributed by atoms with van der Waals surface area (Å²) in [5.41, 5.74) is 1.29. The minimum atomic E-state index is -2.20. The van der Waals surface area contributed by atoms with Crippen molar-refractivity contribution in [3.8, 4) is 17.2 Å². The van der Waals surface area contributed by atoms with E-state index in [9.17, 15) is 22.0 Å². The van der Waals surface area contributed by atoms with Gasteiger partial charge in [-0.1, -0.05) is 12.1 Å². The molecule has 0 aliphatic carbocycles. The number of hydrogen-bond acceptors (Lipinski definition) is 6. The molecule has 0 radical (unpaired) electrons. The van der Waals surface area contributed by atoms with E-state index in [0.717, 1.165) is 23.9 Å². The van der Waals surface area contributed by atoms with E-state index in [1.165, 1.54) is 7.11 Å². The molecule has 0 N–H and O–H groups in total. The first kappa shape index (κ1) is 24.6. The van der Waals surface area contributed by atoms with Gasteiger partial charge >= 0.3 is 0 Å². The maximum atomic E-state index is 14.2. The van der Waals surface area contributed by atoms with Gasteiger partial charge in [0, 0.05) is 18.2 Å². The molecule has 36 heavy (non-hydrogen) atoms. The largest absolute Gasteiger partial charge is 0.493 e. The predicted molar refractivity (Wildman–Crippen MR) is 119 cm³/mol. The fourth-order valence-corrected chi connectivity index (χ4v) is 5.69. The summed E-state index contributed by atoms with van der Waals surface area (Å²) in [4.78, 5) is 2.31. The molecule has 2 saturated heterocycles. The van der Waals surface area contributed by atoms with Crippen LogP contribution >= 0.6 is 0 Å². The predicted octanol–water partition coefficient (Wildman–Crippen LogP) is 6.07. The molecule has 2 unspecified atom stereocenters. The van der Waals surface area contributed by atoms with Gasteiger partial charge in [0.25, 0.3) is 0 Å². The van der Waals surface area contributed by atoms with Gasteiger partial charge in [0.15, 0.2) is 22.8 Å². The summed E-state index contributed by atoms with van der Waals surface area (Å²) in [6.45, 7) is 2.03. The quantitative estimate of drug-likeness (QED) is 0.218. The molecule has 3 heterocycles. The number of rotatable bonds is 7. The Labute approximate surface area is 203 Å². The van der Waals surface area contributed by atoms with Crippen molar-refractivity contribution >= 4 is 11.0 Å². The maximum Gasteiger partial charge on any atom is 0.207 e. The Balaban J connectivity index is 1.41. The van der Waals surface area contributed by atoms with Gasteiger partial charge in [-0.25, -0.2) is 13.2 Å². The summed E-state index contributed by atoms with van der Waals surface area (Å²) >= 11 is 0. The molecule has 11 heteroatoms. The second-order valence-electron chi connectivity index (χ2n) is 9.14. The highest BCUT2D eigenvalue weighted by atomic mass is 19.2. The van der Waals surface area contributed by atoms with Crippen molar-refractivity contribution < 1.29 is 40.7 Å². The average molecular weight is 512 g/mol. The highest BCUT2D eigenvalue weighted by Gasteiger charge is 2.46. The van der Waals surface area contributed by atoms with Gasteiger partial charge in [-0.05, 0) is 38.2 Å². The van der Waals surface area contributed by atoms with Crippen LogP contribution in [-0.4, -0.2) is 42.5 Å². The van der Waals surface area contributed by atoms with Gasteiger partial charge in [-0.3, -0.25) is 4.90 Å². The number of aromatic nitrogens is 1. The first-order chi connectivity index (χ1) is 17.3. The van der Waals surface area contributed by atoms with Crippen LogP contribution in [0.1, 0.15) is 50.8 Å². The third kappa shape index (κ3) is 3.84. The number of halogens is 5. The van der Waals surface area contributed by atoms with E-state index in [4.69, 9.17) is 18.7 Å². The van der Waals surface area contributed by atoms with Crippen molar-refractivity contribution in [2.45, 2.75) is 63.3 Å². The monoisotopic (exact) mass is 512 g/mol. The van der Waals surface area contributed by atoms with Crippen molar-refractivity contribution in [2.24, 2.45) is 0 Å². The standard InChI is InChI=1S/C25H25F5N2O4/c1-4-15(24-14-9-17(33-2)18(34-3)10-16(14)36-31-24)32-11-5-6-12(32)8-13(7-11)35-25-22(29)20(27)19(26)21(28)23(25)30/h9-13,15H,4-8H2,1-3H3/t11-,12+,13?,15?. The Kier molecular flexibility index (Phi) is 6.44. The van der Waals surface area contributed by atoms with Gasteiger partial charge in [0.2, 0.25) is 29.1 Å². The van der Waals surface area contributed by atoms with Crippen LogP contribution in [0.4, 0.5) is 22.0 Å². The fourth-order valence-electron chi connectivity index (χ4n) is 5.69. The number of fused-ring (bicyclic) bond motifs is 3. The molecule has 1 aromatic heterocycles. The fraction of sp³-hybridized carbons (Fsp3) is 0.480. The molecule has 4 atom stereocenters. The summed E-state index contributed by atoms with van der Waals surface area (Å²) in [6, 6.07) is 3.38. The van der Waals surface area contributed by atoms with Crippen molar-refractivity contribution in [3.63, 3.8) is 0 Å². The Morgan fingerprint density at radius 1 is 0.917 bits per heavy atom. The molecule has 5 rings (SSSR count). The Bertz CT molecular complexity index is 1260. The molecule has 0 spiro atoms. The highest BCUT2D eigenvalue weighted by molar-refractivity contribution is 5.83. The number of methoxy groups -OCH3 is 2. The molecule has 0 saturated carbocycles. The molecular weight excluding hydrogens is 487 g/mol. The van der Waals surface area contributed by atoms with E-state index in [1.54, 1.807) is 13.2 Å². The topological polar surface area (TPSA) is 57.0 Å². The molecule has 2 fully saturated rings. The maximum absolute atomic E-state index is 14.2.